The molecule has 0 radical (unpaired) electrons. The van der Waals surface area contributed by atoms with Gasteiger partial charge in [-0.2, -0.15) is 0 Å². The number of anilines is 1. The van der Waals surface area contributed by atoms with Crippen molar-refractivity contribution < 1.29 is 18.8 Å². The number of rotatable bonds is 4. The highest BCUT2D eigenvalue weighted by Gasteiger charge is 2.29. The number of benzene rings is 3. The van der Waals surface area contributed by atoms with Crippen LogP contribution in [0.5, 0.6) is 5.75 Å². The van der Waals surface area contributed by atoms with Crippen LogP contribution in [0.2, 0.25) is 0 Å². The molecular formula is C25H25N2O3+. The number of hydrogen-bond donors (Lipinski definition) is 2. The van der Waals surface area contributed by atoms with Gasteiger partial charge in [0.1, 0.15) is 23.5 Å². The normalized spacial score (nSPS) is 16.9. The van der Waals surface area contributed by atoms with E-state index in [0.717, 1.165) is 41.4 Å². The highest BCUT2D eigenvalue weighted by Crippen LogP contribution is 2.36. The molecule has 30 heavy (non-hydrogen) atoms. The number of carbonyl (C=O) groups is 1. The van der Waals surface area contributed by atoms with E-state index < -0.39 is 0 Å². The molecule has 2 N–H and O–H groups in total. The van der Waals surface area contributed by atoms with Gasteiger partial charge in [0, 0.05) is 28.8 Å². The molecule has 1 unspecified atom stereocenters. The topological polar surface area (TPSA) is 55.9 Å². The summed E-state index contributed by atoms with van der Waals surface area (Å²) in [5.74, 6) is 0.617. The molecule has 5 rings (SSSR count). The predicted octanol–water partition coefficient (Wildman–Crippen LogP) is 3.56. The largest absolute Gasteiger partial charge is 0.495 e. The number of hydrogen-bond acceptors (Lipinski definition) is 3. The van der Waals surface area contributed by atoms with Gasteiger partial charge in [0.15, 0.2) is 6.04 Å². The summed E-state index contributed by atoms with van der Waals surface area (Å²) in [7, 11) is 1.62. The van der Waals surface area contributed by atoms with Crippen molar-refractivity contribution in [2.75, 3.05) is 19.0 Å². The van der Waals surface area contributed by atoms with Gasteiger partial charge in [-0.15, -0.1) is 0 Å². The van der Waals surface area contributed by atoms with Gasteiger partial charge in [0.2, 0.25) is 0 Å². The van der Waals surface area contributed by atoms with Gasteiger partial charge in [-0.05, 0) is 24.6 Å². The zero-order valence-corrected chi connectivity index (χ0v) is 17.2. The summed E-state index contributed by atoms with van der Waals surface area (Å²) in [6.07, 6.45) is 0.997. The quantitative estimate of drug-likeness (QED) is 0.550. The minimum Gasteiger partial charge on any atom is -0.495 e. The van der Waals surface area contributed by atoms with Crippen LogP contribution in [0.4, 0.5) is 5.69 Å². The zero-order valence-electron chi connectivity index (χ0n) is 17.2. The Labute approximate surface area is 175 Å². The lowest BCUT2D eigenvalue weighted by molar-refractivity contribution is -0.929. The number of amides is 1. The van der Waals surface area contributed by atoms with Crippen LogP contribution in [0, 0.1) is 0 Å². The van der Waals surface area contributed by atoms with Crippen molar-refractivity contribution >= 4 is 33.5 Å². The number of para-hydroxylation sites is 1. The molecule has 0 fully saturated rings. The Hall–Kier alpha value is -3.31. The fourth-order valence-corrected chi connectivity index (χ4v) is 4.42. The molecule has 5 nitrogen and oxygen atoms in total. The van der Waals surface area contributed by atoms with Gasteiger partial charge in [-0.25, -0.2) is 0 Å². The van der Waals surface area contributed by atoms with E-state index in [0.29, 0.717) is 11.4 Å². The molecule has 2 atom stereocenters. The van der Waals surface area contributed by atoms with E-state index in [4.69, 9.17) is 9.15 Å². The second kappa shape index (κ2) is 7.50. The number of quaternary nitrogens is 1. The lowest BCUT2D eigenvalue weighted by atomic mass is 9.99. The van der Waals surface area contributed by atoms with Crippen LogP contribution >= 0.6 is 0 Å². The maximum Gasteiger partial charge on any atom is 0.282 e. The Bertz CT molecular complexity index is 1240. The molecule has 0 aliphatic carbocycles. The SMILES string of the molecule is COc1cc2c(cc1NC(=O)[C@H](C)[NH+]1CCc3ccccc3C1)oc1ccccc12. The summed E-state index contributed by atoms with van der Waals surface area (Å²) < 4.78 is 11.6. The van der Waals surface area contributed by atoms with Crippen LogP contribution in [0.15, 0.2) is 65.1 Å². The fourth-order valence-electron chi connectivity index (χ4n) is 4.42. The van der Waals surface area contributed by atoms with E-state index >= 15 is 0 Å². The van der Waals surface area contributed by atoms with E-state index in [2.05, 4.69) is 29.6 Å². The smallest absolute Gasteiger partial charge is 0.282 e. The maximum absolute atomic E-state index is 13.1. The number of ether oxygens (including phenoxy) is 1. The number of fused-ring (bicyclic) bond motifs is 4. The van der Waals surface area contributed by atoms with Crippen LogP contribution < -0.4 is 15.0 Å². The monoisotopic (exact) mass is 401 g/mol. The van der Waals surface area contributed by atoms with Gasteiger partial charge in [-0.3, -0.25) is 4.79 Å². The average Bonchev–Trinajstić information content (AvgIpc) is 3.15. The molecule has 2 heterocycles. The minimum atomic E-state index is -0.172. The van der Waals surface area contributed by atoms with Crippen molar-refractivity contribution in [2.45, 2.75) is 25.9 Å². The second-order valence-electron chi connectivity index (χ2n) is 7.96. The molecular weight excluding hydrogens is 376 g/mol. The van der Waals surface area contributed by atoms with Crippen molar-refractivity contribution in [3.05, 3.63) is 71.8 Å². The number of furan rings is 1. The molecule has 1 amide bonds. The summed E-state index contributed by atoms with van der Waals surface area (Å²) >= 11 is 0. The molecule has 3 aromatic carbocycles. The average molecular weight is 401 g/mol. The number of carbonyl (C=O) groups excluding carboxylic acids is 1. The first-order chi connectivity index (χ1) is 14.6. The summed E-state index contributed by atoms with van der Waals surface area (Å²) in [6, 6.07) is 20.0. The van der Waals surface area contributed by atoms with Crippen molar-refractivity contribution in [3.63, 3.8) is 0 Å². The Morgan fingerprint density at radius 2 is 1.80 bits per heavy atom. The van der Waals surface area contributed by atoms with Gasteiger partial charge in [-0.1, -0.05) is 42.5 Å². The van der Waals surface area contributed by atoms with Crippen molar-refractivity contribution in [2.24, 2.45) is 0 Å². The molecule has 1 aromatic heterocycles. The molecule has 4 aromatic rings. The molecule has 0 saturated carbocycles. The Morgan fingerprint density at radius 3 is 2.63 bits per heavy atom. The number of nitrogens with one attached hydrogen (secondary N) is 2. The maximum atomic E-state index is 13.1. The molecule has 1 aliphatic rings. The van der Waals surface area contributed by atoms with Gasteiger partial charge in [0.25, 0.3) is 5.91 Å². The summed E-state index contributed by atoms with van der Waals surface area (Å²) in [5, 5.41) is 5.09. The molecule has 1 aliphatic heterocycles. The van der Waals surface area contributed by atoms with Gasteiger partial charge >= 0.3 is 0 Å². The van der Waals surface area contributed by atoms with Crippen molar-refractivity contribution in [3.8, 4) is 5.75 Å². The van der Waals surface area contributed by atoms with Crippen LogP contribution in [-0.2, 0) is 17.8 Å². The third kappa shape index (κ3) is 3.21. The molecule has 0 bridgehead atoms. The highest BCUT2D eigenvalue weighted by molar-refractivity contribution is 6.08. The standard InChI is InChI=1S/C25H24N2O3/c1-16(27-12-11-17-7-3-4-8-18(17)15-27)25(28)26-21-14-23-20(13-24(21)29-2)19-9-5-6-10-22(19)30-23/h3-10,13-14,16H,11-12,15H2,1-2H3,(H,26,28)/p+1/t16-/m0/s1. The predicted molar refractivity (Wildman–Crippen MR) is 118 cm³/mol. The third-order valence-electron chi connectivity index (χ3n) is 6.21. The number of methoxy groups -OCH3 is 1. The summed E-state index contributed by atoms with van der Waals surface area (Å²) in [6.45, 7) is 3.81. The Morgan fingerprint density at radius 1 is 1.03 bits per heavy atom. The van der Waals surface area contributed by atoms with E-state index in [1.807, 2.05) is 43.3 Å². The Kier molecular flexibility index (Phi) is 4.68. The van der Waals surface area contributed by atoms with Crippen molar-refractivity contribution in [1.29, 1.82) is 0 Å². The lowest BCUT2D eigenvalue weighted by Gasteiger charge is -2.30. The van der Waals surface area contributed by atoms with Gasteiger partial charge in [0.05, 0.1) is 19.3 Å². The first-order valence-electron chi connectivity index (χ1n) is 10.4. The van der Waals surface area contributed by atoms with Crippen LogP contribution in [0.25, 0.3) is 21.9 Å². The second-order valence-corrected chi connectivity index (χ2v) is 7.96. The first kappa shape index (κ1) is 18.7. The van der Waals surface area contributed by atoms with Crippen molar-refractivity contribution in [1.82, 2.24) is 0 Å². The lowest BCUT2D eigenvalue weighted by Crippen LogP contribution is -3.16. The fraction of sp³-hybridized carbons (Fsp3) is 0.240. The van der Waals surface area contributed by atoms with E-state index in [9.17, 15) is 4.79 Å². The highest BCUT2D eigenvalue weighted by atomic mass is 16.5. The molecule has 5 heteroatoms. The molecule has 0 saturated heterocycles. The third-order valence-corrected chi connectivity index (χ3v) is 6.21. The minimum absolute atomic E-state index is 0.0156. The summed E-state index contributed by atoms with van der Waals surface area (Å²) in [5.41, 5.74) is 4.92. The van der Waals surface area contributed by atoms with Crippen LogP contribution in [-0.4, -0.2) is 25.6 Å². The van der Waals surface area contributed by atoms with E-state index in [1.165, 1.54) is 16.0 Å². The van der Waals surface area contributed by atoms with Gasteiger partial charge < -0.3 is 19.4 Å². The molecule has 0 spiro atoms. The Balaban J connectivity index is 1.40. The first-order valence-corrected chi connectivity index (χ1v) is 10.4. The zero-order chi connectivity index (χ0) is 20.7. The van der Waals surface area contributed by atoms with E-state index in [-0.39, 0.29) is 11.9 Å². The summed E-state index contributed by atoms with van der Waals surface area (Å²) in [4.78, 5) is 14.4. The molecule has 152 valence electrons. The van der Waals surface area contributed by atoms with Crippen LogP contribution in [0.1, 0.15) is 18.1 Å². The van der Waals surface area contributed by atoms with E-state index in [1.54, 1.807) is 7.11 Å². The van der Waals surface area contributed by atoms with Crippen LogP contribution in [0.3, 0.4) is 0 Å².